The zero-order valence-corrected chi connectivity index (χ0v) is 18.9. The molecule has 5 aromatic rings. The van der Waals surface area contributed by atoms with Crippen LogP contribution in [0, 0.1) is 5.82 Å². The SMILES string of the molecule is CC(Cc1c[nH]c2ccccc12)(NCc1cc2ccccc2o1)C(=O)NCc1cccc(F)c1. The van der Waals surface area contributed by atoms with Gasteiger partial charge in [-0.1, -0.05) is 48.5 Å². The van der Waals surface area contributed by atoms with Crippen LogP contribution in [0.5, 0.6) is 0 Å². The maximum absolute atomic E-state index is 13.6. The van der Waals surface area contributed by atoms with Gasteiger partial charge in [0.25, 0.3) is 0 Å². The van der Waals surface area contributed by atoms with Gasteiger partial charge in [-0.25, -0.2) is 4.39 Å². The van der Waals surface area contributed by atoms with Crippen molar-refractivity contribution in [2.45, 2.75) is 32.0 Å². The van der Waals surface area contributed by atoms with Gasteiger partial charge in [0, 0.05) is 35.5 Å². The van der Waals surface area contributed by atoms with Crippen molar-refractivity contribution in [3.63, 3.8) is 0 Å². The van der Waals surface area contributed by atoms with Crippen LogP contribution in [-0.4, -0.2) is 16.4 Å². The smallest absolute Gasteiger partial charge is 0.240 e. The molecule has 5 rings (SSSR count). The van der Waals surface area contributed by atoms with Gasteiger partial charge in [0.1, 0.15) is 17.2 Å². The van der Waals surface area contributed by atoms with Gasteiger partial charge < -0.3 is 14.7 Å². The molecule has 0 aliphatic carbocycles. The summed E-state index contributed by atoms with van der Waals surface area (Å²) in [5.74, 6) is 0.263. The lowest BCUT2D eigenvalue weighted by Gasteiger charge is -2.29. The molecule has 0 saturated carbocycles. The van der Waals surface area contributed by atoms with E-state index in [0.29, 0.717) is 18.5 Å². The first-order valence-corrected chi connectivity index (χ1v) is 11.3. The highest BCUT2D eigenvalue weighted by Crippen LogP contribution is 2.24. The fourth-order valence-electron chi connectivity index (χ4n) is 4.31. The minimum absolute atomic E-state index is 0.168. The number of carbonyl (C=O) groups is 1. The minimum Gasteiger partial charge on any atom is -0.460 e. The minimum atomic E-state index is -0.933. The maximum atomic E-state index is 13.6. The van der Waals surface area contributed by atoms with E-state index in [0.717, 1.165) is 33.2 Å². The van der Waals surface area contributed by atoms with Gasteiger partial charge in [0.05, 0.1) is 12.1 Å². The van der Waals surface area contributed by atoms with Crippen LogP contribution in [-0.2, 0) is 24.3 Å². The number of rotatable bonds is 8. The predicted molar refractivity (Wildman–Crippen MR) is 132 cm³/mol. The van der Waals surface area contributed by atoms with Crippen LogP contribution in [0.2, 0.25) is 0 Å². The number of furan rings is 1. The maximum Gasteiger partial charge on any atom is 0.240 e. The highest BCUT2D eigenvalue weighted by atomic mass is 19.1. The fourth-order valence-corrected chi connectivity index (χ4v) is 4.31. The Balaban J connectivity index is 1.39. The van der Waals surface area contributed by atoms with E-state index in [1.165, 1.54) is 12.1 Å². The lowest BCUT2D eigenvalue weighted by Crippen LogP contribution is -2.55. The normalized spacial score (nSPS) is 13.2. The highest BCUT2D eigenvalue weighted by Gasteiger charge is 2.34. The van der Waals surface area contributed by atoms with Crippen molar-refractivity contribution < 1.29 is 13.6 Å². The summed E-state index contributed by atoms with van der Waals surface area (Å²) in [5.41, 5.74) is 2.65. The molecule has 2 aromatic heterocycles. The summed E-state index contributed by atoms with van der Waals surface area (Å²) in [4.78, 5) is 16.8. The molecule has 3 N–H and O–H groups in total. The van der Waals surface area contributed by atoms with E-state index in [1.54, 1.807) is 12.1 Å². The number of nitrogens with one attached hydrogen (secondary N) is 3. The van der Waals surface area contributed by atoms with Gasteiger partial charge in [0.15, 0.2) is 0 Å². The highest BCUT2D eigenvalue weighted by molar-refractivity contribution is 5.89. The average molecular weight is 456 g/mol. The second kappa shape index (κ2) is 9.15. The first kappa shape index (κ1) is 21.9. The Kier molecular flexibility index (Phi) is 5.90. The number of halogens is 1. The van der Waals surface area contributed by atoms with Gasteiger partial charge in [-0.15, -0.1) is 0 Å². The number of amides is 1. The number of hydrogen-bond donors (Lipinski definition) is 3. The summed E-state index contributed by atoms with van der Waals surface area (Å²) in [6.45, 7) is 2.52. The molecular weight excluding hydrogens is 429 g/mol. The van der Waals surface area contributed by atoms with Crippen molar-refractivity contribution in [1.29, 1.82) is 0 Å². The third-order valence-corrected chi connectivity index (χ3v) is 6.19. The van der Waals surface area contributed by atoms with Gasteiger partial charge in [-0.2, -0.15) is 0 Å². The van der Waals surface area contributed by atoms with Crippen LogP contribution < -0.4 is 10.6 Å². The summed E-state index contributed by atoms with van der Waals surface area (Å²) in [7, 11) is 0. The zero-order chi connectivity index (χ0) is 23.5. The van der Waals surface area contributed by atoms with Crippen LogP contribution in [0.25, 0.3) is 21.9 Å². The van der Waals surface area contributed by atoms with E-state index in [2.05, 4.69) is 15.6 Å². The molecule has 172 valence electrons. The topological polar surface area (TPSA) is 70.1 Å². The number of hydrogen-bond acceptors (Lipinski definition) is 3. The number of aromatic amines is 1. The Labute approximate surface area is 197 Å². The molecule has 0 aliphatic rings. The van der Waals surface area contributed by atoms with Crippen molar-refractivity contribution in [2.24, 2.45) is 0 Å². The van der Waals surface area contributed by atoms with Crippen molar-refractivity contribution in [3.8, 4) is 0 Å². The first-order chi connectivity index (χ1) is 16.5. The second-order valence-electron chi connectivity index (χ2n) is 8.79. The Bertz CT molecular complexity index is 1420. The van der Waals surface area contributed by atoms with Crippen molar-refractivity contribution in [3.05, 3.63) is 108 Å². The summed E-state index contributed by atoms with van der Waals surface area (Å²) in [5, 5.41) is 8.51. The lowest BCUT2D eigenvalue weighted by molar-refractivity contribution is -0.127. The first-order valence-electron chi connectivity index (χ1n) is 11.3. The van der Waals surface area contributed by atoms with Crippen molar-refractivity contribution >= 4 is 27.8 Å². The summed E-state index contributed by atoms with van der Waals surface area (Å²) in [6, 6.07) is 24.1. The third kappa shape index (κ3) is 4.58. The van der Waals surface area contributed by atoms with E-state index in [1.807, 2.05) is 67.7 Å². The Morgan fingerprint density at radius 1 is 1.00 bits per heavy atom. The van der Waals surface area contributed by atoms with Crippen LogP contribution >= 0.6 is 0 Å². The summed E-state index contributed by atoms with van der Waals surface area (Å²) >= 11 is 0. The number of H-pyrrole nitrogens is 1. The number of fused-ring (bicyclic) bond motifs is 2. The number of aromatic nitrogens is 1. The fraction of sp³-hybridized carbons (Fsp3) is 0.179. The molecule has 0 aliphatic heterocycles. The Morgan fingerprint density at radius 3 is 2.68 bits per heavy atom. The standard InChI is InChI=1S/C28H26FN3O2/c1-28(15-21-17-30-25-11-4-3-10-24(21)25,27(33)31-16-19-7-6-9-22(29)13-19)32-18-23-14-20-8-2-5-12-26(20)34-23/h2-14,17,30,32H,15-16,18H2,1H3,(H,31,33). The molecule has 5 nitrogen and oxygen atoms in total. The van der Waals surface area contributed by atoms with Gasteiger partial charge in [-0.3, -0.25) is 10.1 Å². The Morgan fingerprint density at radius 2 is 1.82 bits per heavy atom. The van der Waals surface area contributed by atoms with E-state index in [4.69, 9.17) is 4.42 Å². The average Bonchev–Trinajstić information content (AvgIpc) is 3.45. The molecule has 3 aromatic carbocycles. The molecular formula is C28H26FN3O2. The van der Waals surface area contributed by atoms with E-state index >= 15 is 0 Å². The van der Waals surface area contributed by atoms with Gasteiger partial charge >= 0.3 is 0 Å². The number of carbonyl (C=O) groups excluding carboxylic acids is 1. The largest absolute Gasteiger partial charge is 0.460 e. The molecule has 0 saturated heterocycles. The zero-order valence-electron chi connectivity index (χ0n) is 18.9. The molecule has 0 fully saturated rings. The van der Waals surface area contributed by atoms with Crippen LogP contribution in [0.4, 0.5) is 4.39 Å². The van der Waals surface area contributed by atoms with Gasteiger partial charge in [0.2, 0.25) is 5.91 Å². The van der Waals surface area contributed by atoms with Crippen LogP contribution in [0.1, 0.15) is 23.8 Å². The van der Waals surface area contributed by atoms with Crippen molar-refractivity contribution in [2.75, 3.05) is 0 Å². The molecule has 1 atom stereocenters. The number of benzene rings is 3. The molecule has 1 unspecified atom stereocenters. The quantitative estimate of drug-likeness (QED) is 0.291. The summed E-state index contributed by atoms with van der Waals surface area (Å²) < 4.78 is 19.5. The molecule has 0 bridgehead atoms. The van der Waals surface area contributed by atoms with E-state index in [9.17, 15) is 9.18 Å². The molecule has 0 radical (unpaired) electrons. The third-order valence-electron chi connectivity index (χ3n) is 6.19. The lowest BCUT2D eigenvalue weighted by atomic mass is 9.91. The Hall–Kier alpha value is -3.90. The molecule has 0 spiro atoms. The second-order valence-corrected chi connectivity index (χ2v) is 8.79. The van der Waals surface area contributed by atoms with Crippen molar-refractivity contribution in [1.82, 2.24) is 15.6 Å². The monoisotopic (exact) mass is 455 g/mol. The van der Waals surface area contributed by atoms with Gasteiger partial charge in [-0.05, 0) is 48.4 Å². The van der Waals surface area contributed by atoms with Crippen LogP contribution in [0.3, 0.4) is 0 Å². The van der Waals surface area contributed by atoms with Crippen LogP contribution in [0.15, 0.2) is 89.5 Å². The molecule has 6 heteroatoms. The van der Waals surface area contributed by atoms with E-state index in [-0.39, 0.29) is 18.3 Å². The predicted octanol–water partition coefficient (Wildman–Crippen LogP) is 5.46. The molecule has 34 heavy (non-hydrogen) atoms. The molecule has 2 heterocycles. The molecule has 1 amide bonds. The summed E-state index contributed by atoms with van der Waals surface area (Å²) in [6.07, 6.45) is 2.41. The number of para-hydroxylation sites is 2. The van der Waals surface area contributed by atoms with E-state index < -0.39 is 5.54 Å².